The zero-order chi connectivity index (χ0) is 23.4. The van der Waals surface area contributed by atoms with Crippen molar-refractivity contribution < 1.29 is 9.90 Å². The van der Waals surface area contributed by atoms with Gasteiger partial charge in [-0.3, -0.25) is 4.79 Å². The van der Waals surface area contributed by atoms with Crippen LogP contribution in [-0.4, -0.2) is 17.5 Å². The SMILES string of the molecule is CCCC1=C2C(c3ccc(C#C/C=C/C#N)cc3)CC3(C)C(O)CCC3C2CC/C1=C/C=O. The van der Waals surface area contributed by atoms with Gasteiger partial charge in [0, 0.05) is 17.6 Å². The molecule has 1 aromatic carbocycles. The van der Waals surface area contributed by atoms with Crippen molar-refractivity contribution in [3.63, 3.8) is 0 Å². The van der Waals surface area contributed by atoms with Gasteiger partial charge in [-0.1, -0.05) is 49.8 Å². The number of fused-ring (bicyclic) bond motifs is 3. The summed E-state index contributed by atoms with van der Waals surface area (Å²) in [5.74, 6) is 7.22. The highest BCUT2D eigenvalue weighted by atomic mass is 16.3. The van der Waals surface area contributed by atoms with Crippen molar-refractivity contribution in [2.45, 2.75) is 70.8 Å². The molecule has 170 valence electrons. The number of nitriles is 1. The Morgan fingerprint density at radius 1 is 1.18 bits per heavy atom. The van der Waals surface area contributed by atoms with E-state index in [1.807, 2.05) is 6.07 Å². The number of carbonyl (C=O) groups is 1. The molecule has 1 aromatic rings. The monoisotopic (exact) mass is 439 g/mol. The second kappa shape index (κ2) is 9.94. The summed E-state index contributed by atoms with van der Waals surface area (Å²) in [6.45, 7) is 4.52. The molecule has 3 heteroatoms. The number of nitrogens with zero attached hydrogens (tertiary/aromatic N) is 1. The van der Waals surface area contributed by atoms with Crippen LogP contribution in [0.2, 0.25) is 0 Å². The first-order valence-electron chi connectivity index (χ1n) is 12.2. The Labute approximate surface area is 197 Å². The van der Waals surface area contributed by atoms with Crippen LogP contribution in [0.1, 0.15) is 75.8 Å². The Hall–Kier alpha value is -2.88. The first-order chi connectivity index (χ1) is 16.0. The molecule has 2 saturated carbocycles. The molecule has 2 fully saturated rings. The van der Waals surface area contributed by atoms with Crippen molar-refractivity contribution in [2.24, 2.45) is 17.3 Å². The molecule has 0 amide bonds. The Morgan fingerprint density at radius 3 is 2.67 bits per heavy atom. The largest absolute Gasteiger partial charge is 0.393 e. The summed E-state index contributed by atoms with van der Waals surface area (Å²) < 4.78 is 0. The summed E-state index contributed by atoms with van der Waals surface area (Å²) in [5, 5.41) is 19.6. The van der Waals surface area contributed by atoms with Crippen molar-refractivity contribution in [1.29, 1.82) is 5.26 Å². The molecule has 4 rings (SSSR count). The van der Waals surface area contributed by atoms with Gasteiger partial charge in [0.25, 0.3) is 0 Å². The highest BCUT2D eigenvalue weighted by molar-refractivity contribution is 5.69. The van der Waals surface area contributed by atoms with Gasteiger partial charge in [-0.2, -0.15) is 5.26 Å². The van der Waals surface area contributed by atoms with Crippen molar-refractivity contribution >= 4 is 6.29 Å². The van der Waals surface area contributed by atoms with Gasteiger partial charge in [-0.05, 0) is 96.8 Å². The zero-order valence-corrected chi connectivity index (χ0v) is 19.7. The summed E-state index contributed by atoms with van der Waals surface area (Å²) in [5.41, 5.74) is 6.28. The van der Waals surface area contributed by atoms with Gasteiger partial charge in [-0.25, -0.2) is 0 Å². The molecular weight excluding hydrogens is 406 g/mol. The van der Waals surface area contributed by atoms with Gasteiger partial charge in [-0.15, -0.1) is 0 Å². The van der Waals surface area contributed by atoms with Gasteiger partial charge < -0.3 is 5.11 Å². The lowest BCUT2D eigenvalue weighted by Crippen LogP contribution is -2.44. The maximum atomic E-state index is 11.4. The van der Waals surface area contributed by atoms with E-state index in [2.05, 4.69) is 50.0 Å². The molecule has 0 radical (unpaired) electrons. The second-order valence-electron chi connectivity index (χ2n) is 9.97. The van der Waals surface area contributed by atoms with Crippen LogP contribution in [0.4, 0.5) is 0 Å². The van der Waals surface area contributed by atoms with Crippen LogP contribution < -0.4 is 0 Å². The Balaban J connectivity index is 1.80. The lowest BCUT2D eigenvalue weighted by molar-refractivity contribution is -0.104. The Bertz CT molecular complexity index is 1090. The van der Waals surface area contributed by atoms with Gasteiger partial charge in [0.2, 0.25) is 0 Å². The maximum absolute atomic E-state index is 11.4. The number of aliphatic hydroxyl groups is 1. The zero-order valence-electron chi connectivity index (χ0n) is 19.7. The van der Waals surface area contributed by atoms with E-state index in [1.165, 1.54) is 28.4 Å². The number of carbonyl (C=O) groups excluding carboxylic acids is 1. The van der Waals surface area contributed by atoms with Gasteiger partial charge in [0.1, 0.15) is 6.29 Å². The van der Waals surface area contributed by atoms with E-state index in [1.54, 1.807) is 12.2 Å². The number of hydrogen-bond donors (Lipinski definition) is 1. The average molecular weight is 440 g/mol. The highest BCUT2D eigenvalue weighted by Gasteiger charge is 2.56. The van der Waals surface area contributed by atoms with Crippen LogP contribution in [0.15, 0.2) is 59.2 Å². The van der Waals surface area contributed by atoms with E-state index in [0.29, 0.717) is 11.8 Å². The molecule has 0 saturated heterocycles. The molecule has 0 aliphatic heterocycles. The van der Waals surface area contributed by atoms with Crippen molar-refractivity contribution in [1.82, 2.24) is 0 Å². The number of benzene rings is 1. The van der Waals surface area contributed by atoms with Crippen LogP contribution in [0, 0.1) is 40.4 Å². The van der Waals surface area contributed by atoms with E-state index < -0.39 is 0 Å². The van der Waals surface area contributed by atoms with Crippen LogP contribution >= 0.6 is 0 Å². The van der Waals surface area contributed by atoms with E-state index in [0.717, 1.165) is 56.8 Å². The minimum absolute atomic E-state index is 0.0669. The summed E-state index contributed by atoms with van der Waals surface area (Å²) in [4.78, 5) is 11.4. The van der Waals surface area contributed by atoms with Crippen LogP contribution in [-0.2, 0) is 4.79 Å². The quantitative estimate of drug-likeness (QED) is 0.270. The van der Waals surface area contributed by atoms with Gasteiger partial charge in [0.05, 0.1) is 12.2 Å². The summed E-state index contributed by atoms with van der Waals surface area (Å²) in [6, 6.07) is 10.4. The predicted octanol–water partition coefficient (Wildman–Crippen LogP) is 6.01. The third kappa shape index (κ3) is 4.36. The number of aliphatic hydroxyl groups excluding tert-OH is 1. The lowest BCUT2D eigenvalue weighted by atomic mass is 9.53. The van der Waals surface area contributed by atoms with E-state index in [9.17, 15) is 9.90 Å². The molecule has 0 spiro atoms. The molecule has 0 heterocycles. The fourth-order valence-corrected chi connectivity index (χ4v) is 6.78. The van der Waals surface area contributed by atoms with Crippen molar-refractivity contribution in [3.8, 4) is 17.9 Å². The smallest absolute Gasteiger partial charge is 0.143 e. The first kappa shape index (κ1) is 23.3. The normalized spacial score (nSPS) is 32.1. The van der Waals surface area contributed by atoms with Crippen LogP contribution in [0.5, 0.6) is 0 Å². The third-order valence-corrected chi connectivity index (χ3v) is 8.26. The lowest BCUT2D eigenvalue weighted by Gasteiger charge is -2.51. The number of hydrogen-bond acceptors (Lipinski definition) is 3. The third-order valence-electron chi connectivity index (χ3n) is 8.26. The van der Waals surface area contributed by atoms with Crippen LogP contribution in [0.3, 0.4) is 0 Å². The number of allylic oxidation sites excluding steroid dienone is 6. The average Bonchev–Trinajstić information content (AvgIpc) is 3.12. The molecule has 5 atom stereocenters. The molecular formula is C30H33NO2. The molecule has 33 heavy (non-hydrogen) atoms. The van der Waals surface area contributed by atoms with Gasteiger partial charge >= 0.3 is 0 Å². The second-order valence-corrected chi connectivity index (χ2v) is 9.97. The molecule has 0 aromatic heterocycles. The predicted molar refractivity (Wildman–Crippen MR) is 131 cm³/mol. The first-order valence-corrected chi connectivity index (χ1v) is 12.2. The van der Waals surface area contributed by atoms with Crippen molar-refractivity contribution in [3.05, 3.63) is 70.3 Å². The highest BCUT2D eigenvalue weighted by Crippen LogP contribution is 2.63. The topological polar surface area (TPSA) is 61.1 Å². The molecule has 5 unspecified atom stereocenters. The van der Waals surface area contributed by atoms with E-state index in [4.69, 9.17) is 5.26 Å². The van der Waals surface area contributed by atoms with E-state index >= 15 is 0 Å². The number of rotatable bonds is 4. The molecule has 3 aliphatic rings. The minimum atomic E-state index is -0.245. The minimum Gasteiger partial charge on any atom is -0.393 e. The fraction of sp³-hybridized carbons (Fsp3) is 0.467. The maximum Gasteiger partial charge on any atom is 0.143 e. The number of aldehydes is 1. The van der Waals surface area contributed by atoms with Crippen molar-refractivity contribution in [2.75, 3.05) is 0 Å². The molecule has 1 N–H and O–H groups in total. The Morgan fingerprint density at radius 2 is 1.97 bits per heavy atom. The van der Waals surface area contributed by atoms with Crippen LogP contribution in [0.25, 0.3) is 0 Å². The molecule has 3 aliphatic carbocycles. The summed E-state index contributed by atoms with van der Waals surface area (Å²) in [7, 11) is 0. The molecule has 3 nitrogen and oxygen atoms in total. The van der Waals surface area contributed by atoms with E-state index in [-0.39, 0.29) is 17.4 Å². The Kier molecular flexibility index (Phi) is 7.02. The standard InChI is InChI=1S/C30H33NO2/c1-3-7-24-23(17-19-32)13-14-25-27-15-16-28(33)30(27,2)20-26(29(24)25)22-11-9-21(10-12-22)8-5-4-6-18-31/h4,6,9-12,17,19,25-28,33H,3,7,13-16,20H2,1-2H3/b6-4+,23-17-. The molecule has 0 bridgehead atoms. The van der Waals surface area contributed by atoms with Gasteiger partial charge in [0.15, 0.2) is 0 Å². The summed E-state index contributed by atoms with van der Waals surface area (Å²) in [6.07, 6.45) is 12.5. The fourth-order valence-electron chi connectivity index (χ4n) is 6.78. The summed E-state index contributed by atoms with van der Waals surface area (Å²) >= 11 is 0.